The third-order valence-corrected chi connectivity index (χ3v) is 2.33. The maximum absolute atomic E-state index is 11.3. The fourth-order valence-electron chi connectivity index (χ4n) is 1.50. The molecule has 0 bridgehead atoms. The number of furan rings is 1. The summed E-state index contributed by atoms with van der Waals surface area (Å²) in [6.07, 6.45) is 0. The zero-order valence-electron chi connectivity index (χ0n) is 10.8. The Hall–Kier alpha value is -1.82. The lowest BCUT2D eigenvalue weighted by Crippen LogP contribution is -2.33. The molecule has 0 unspecified atom stereocenters. The summed E-state index contributed by atoms with van der Waals surface area (Å²) in [5, 5.41) is 5.60. The van der Waals surface area contributed by atoms with E-state index >= 15 is 0 Å². The van der Waals surface area contributed by atoms with Gasteiger partial charge in [-0.3, -0.25) is 4.79 Å². The van der Waals surface area contributed by atoms with Gasteiger partial charge in [0.05, 0.1) is 20.2 Å². The van der Waals surface area contributed by atoms with Gasteiger partial charge in [-0.15, -0.1) is 0 Å². The molecule has 0 aliphatic carbocycles. The first kappa shape index (κ1) is 14.2. The Balaban J connectivity index is 2.49. The maximum atomic E-state index is 11.3. The number of esters is 1. The highest BCUT2D eigenvalue weighted by Crippen LogP contribution is 2.15. The summed E-state index contributed by atoms with van der Waals surface area (Å²) >= 11 is 0. The minimum atomic E-state index is -0.425. The van der Waals surface area contributed by atoms with Crippen molar-refractivity contribution in [2.75, 3.05) is 20.2 Å². The van der Waals surface area contributed by atoms with Crippen molar-refractivity contribution in [3.63, 3.8) is 0 Å². The van der Waals surface area contributed by atoms with Crippen LogP contribution in [0.25, 0.3) is 0 Å². The van der Waals surface area contributed by atoms with Crippen molar-refractivity contribution in [3.05, 3.63) is 23.2 Å². The maximum Gasteiger partial charge on any atom is 0.341 e. The number of nitrogens with one attached hydrogen (secondary N) is 2. The molecule has 0 spiro atoms. The third-order valence-electron chi connectivity index (χ3n) is 2.33. The fourth-order valence-corrected chi connectivity index (χ4v) is 1.50. The number of ether oxygens (including phenoxy) is 1. The van der Waals surface area contributed by atoms with Crippen LogP contribution in [0, 0.1) is 6.92 Å². The summed E-state index contributed by atoms with van der Waals surface area (Å²) in [5.74, 6) is 0.606. The molecular weight excluding hydrogens is 236 g/mol. The molecule has 0 aliphatic rings. The van der Waals surface area contributed by atoms with E-state index in [0.717, 1.165) is 0 Å². The van der Waals surface area contributed by atoms with Crippen molar-refractivity contribution in [2.45, 2.75) is 20.4 Å². The summed E-state index contributed by atoms with van der Waals surface area (Å²) in [6, 6.07) is 1.62. The molecule has 1 aromatic rings. The van der Waals surface area contributed by atoms with Gasteiger partial charge in [0, 0.05) is 6.54 Å². The number of hydrogen-bond donors (Lipinski definition) is 2. The average Bonchev–Trinajstić information content (AvgIpc) is 2.70. The van der Waals surface area contributed by atoms with Crippen molar-refractivity contribution < 1.29 is 18.7 Å². The quantitative estimate of drug-likeness (QED) is 0.727. The number of carbonyl (C=O) groups excluding carboxylic acids is 2. The molecule has 6 heteroatoms. The number of amides is 1. The van der Waals surface area contributed by atoms with E-state index in [1.807, 2.05) is 6.92 Å². The molecule has 0 fully saturated rings. The van der Waals surface area contributed by atoms with E-state index < -0.39 is 5.97 Å². The van der Waals surface area contributed by atoms with Gasteiger partial charge in [0.2, 0.25) is 5.91 Å². The molecule has 0 radical (unpaired) electrons. The Kier molecular flexibility index (Phi) is 5.38. The molecule has 1 amide bonds. The molecule has 6 nitrogen and oxygen atoms in total. The van der Waals surface area contributed by atoms with E-state index in [2.05, 4.69) is 15.4 Å². The molecule has 100 valence electrons. The second-order valence-corrected chi connectivity index (χ2v) is 3.73. The van der Waals surface area contributed by atoms with Crippen LogP contribution in [0.3, 0.4) is 0 Å². The average molecular weight is 254 g/mol. The van der Waals surface area contributed by atoms with Gasteiger partial charge in [0.15, 0.2) is 0 Å². The first-order valence-electron chi connectivity index (χ1n) is 5.73. The number of aryl methyl sites for hydroxylation is 1. The lowest BCUT2D eigenvalue weighted by molar-refractivity contribution is -0.120. The van der Waals surface area contributed by atoms with E-state index in [4.69, 9.17) is 4.42 Å². The molecule has 1 rings (SSSR count). The summed E-state index contributed by atoms with van der Waals surface area (Å²) in [6.45, 7) is 4.75. The van der Waals surface area contributed by atoms with E-state index in [-0.39, 0.29) is 12.5 Å². The molecule has 0 saturated heterocycles. The normalized spacial score (nSPS) is 10.2. The second kappa shape index (κ2) is 6.80. The van der Waals surface area contributed by atoms with Crippen molar-refractivity contribution in [1.82, 2.24) is 10.6 Å². The van der Waals surface area contributed by atoms with E-state index in [0.29, 0.717) is 30.2 Å². The Morgan fingerprint density at radius 3 is 2.78 bits per heavy atom. The van der Waals surface area contributed by atoms with Crippen LogP contribution in [0.4, 0.5) is 0 Å². The molecule has 1 heterocycles. The number of hydrogen-bond acceptors (Lipinski definition) is 5. The zero-order chi connectivity index (χ0) is 13.5. The van der Waals surface area contributed by atoms with Crippen molar-refractivity contribution in [1.29, 1.82) is 0 Å². The molecule has 0 aliphatic heterocycles. The summed E-state index contributed by atoms with van der Waals surface area (Å²) in [5.41, 5.74) is 0.410. The predicted molar refractivity (Wildman–Crippen MR) is 65.2 cm³/mol. The van der Waals surface area contributed by atoms with E-state index in [1.54, 1.807) is 13.0 Å². The number of rotatable bonds is 6. The highest BCUT2D eigenvalue weighted by molar-refractivity contribution is 5.90. The van der Waals surface area contributed by atoms with Crippen LogP contribution in [0.15, 0.2) is 10.5 Å². The van der Waals surface area contributed by atoms with Crippen molar-refractivity contribution in [2.24, 2.45) is 0 Å². The largest absolute Gasteiger partial charge is 0.465 e. The van der Waals surface area contributed by atoms with Crippen LogP contribution < -0.4 is 10.6 Å². The van der Waals surface area contributed by atoms with Gasteiger partial charge in [-0.05, 0) is 19.9 Å². The summed E-state index contributed by atoms with van der Waals surface area (Å²) in [7, 11) is 1.32. The standard InChI is InChI=1S/C12H18N2O4/c1-4-14-11(15)7-13-6-9-5-10(8(2)18-9)12(16)17-3/h5,13H,4,6-7H2,1-3H3,(H,14,15). The fraction of sp³-hybridized carbons (Fsp3) is 0.500. The molecule has 1 aromatic heterocycles. The molecule has 0 aromatic carbocycles. The van der Waals surface area contributed by atoms with Crippen LogP contribution in [0.5, 0.6) is 0 Å². The van der Waals surface area contributed by atoms with Crippen LogP contribution in [0.2, 0.25) is 0 Å². The van der Waals surface area contributed by atoms with Gasteiger partial charge in [-0.2, -0.15) is 0 Å². The molecule has 18 heavy (non-hydrogen) atoms. The Morgan fingerprint density at radius 2 is 2.17 bits per heavy atom. The SMILES string of the molecule is CCNC(=O)CNCc1cc(C(=O)OC)c(C)o1. The minimum absolute atomic E-state index is 0.0750. The van der Waals surface area contributed by atoms with Crippen LogP contribution >= 0.6 is 0 Å². The van der Waals surface area contributed by atoms with Gasteiger partial charge < -0.3 is 19.8 Å². The first-order chi connectivity index (χ1) is 8.58. The highest BCUT2D eigenvalue weighted by atomic mass is 16.5. The molecule has 0 saturated carbocycles. The van der Waals surface area contributed by atoms with E-state index in [9.17, 15) is 9.59 Å². The monoisotopic (exact) mass is 254 g/mol. The lowest BCUT2D eigenvalue weighted by atomic mass is 10.2. The smallest absolute Gasteiger partial charge is 0.341 e. The van der Waals surface area contributed by atoms with Crippen LogP contribution in [-0.4, -0.2) is 32.1 Å². The number of methoxy groups -OCH3 is 1. The number of likely N-dealkylation sites (N-methyl/N-ethyl adjacent to an activating group) is 1. The Bertz CT molecular complexity index is 426. The van der Waals surface area contributed by atoms with Crippen LogP contribution in [0.1, 0.15) is 28.8 Å². The van der Waals surface area contributed by atoms with Crippen molar-refractivity contribution in [3.8, 4) is 0 Å². The molecule has 0 atom stereocenters. The second-order valence-electron chi connectivity index (χ2n) is 3.73. The molecular formula is C12H18N2O4. The first-order valence-corrected chi connectivity index (χ1v) is 5.73. The summed E-state index contributed by atoms with van der Waals surface area (Å²) in [4.78, 5) is 22.5. The van der Waals surface area contributed by atoms with Gasteiger partial charge in [0.1, 0.15) is 17.1 Å². The van der Waals surface area contributed by atoms with Gasteiger partial charge in [-0.25, -0.2) is 4.79 Å². The van der Waals surface area contributed by atoms with E-state index in [1.165, 1.54) is 7.11 Å². The number of carbonyl (C=O) groups is 2. The lowest BCUT2D eigenvalue weighted by Gasteiger charge is -2.02. The Labute approximate surface area is 106 Å². The minimum Gasteiger partial charge on any atom is -0.465 e. The highest BCUT2D eigenvalue weighted by Gasteiger charge is 2.15. The Morgan fingerprint density at radius 1 is 1.44 bits per heavy atom. The van der Waals surface area contributed by atoms with Crippen LogP contribution in [-0.2, 0) is 16.1 Å². The zero-order valence-corrected chi connectivity index (χ0v) is 10.8. The third kappa shape index (κ3) is 3.89. The summed E-state index contributed by atoms with van der Waals surface area (Å²) < 4.78 is 10.0. The molecule has 2 N–H and O–H groups in total. The van der Waals surface area contributed by atoms with Gasteiger partial charge >= 0.3 is 5.97 Å². The predicted octanol–water partition coefficient (Wildman–Crippen LogP) is 0.600. The topological polar surface area (TPSA) is 80.6 Å². The van der Waals surface area contributed by atoms with Crippen molar-refractivity contribution >= 4 is 11.9 Å². The van der Waals surface area contributed by atoms with Gasteiger partial charge in [-0.1, -0.05) is 0 Å². The van der Waals surface area contributed by atoms with Gasteiger partial charge in [0.25, 0.3) is 0 Å².